The minimum absolute atomic E-state index is 0.0368. The summed E-state index contributed by atoms with van der Waals surface area (Å²) in [5.41, 5.74) is 6.55. The van der Waals surface area contributed by atoms with Crippen molar-refractivity contribution in [1.29, 1.82) is 0 Å². The number of halogens is 1. The van der Waals surface area contributed by atoms with Gasteiger partial charge < -0.3 is 15.8 Å². The van der Waals surface area contributed by atoms with Gasteiger partial charge in [0.2, 0.25) is 0 Å². The van der Waals surface area contributed by atoms with Crippen LogP contribution in [0.2, 0.25) is 0 Å². The number of nitrogen functional groups attached to an aromatic ring is 1. The Labute approximate surface area is 161 Å². The van der Waals surface area contributed by atoms with Crippen molar-refractivity contribution in [2.75, 3.05) is 31.3 Å². The second-order valence-electron chi connectivity index (χ2n) is 5.84. The number of hydrogen-bond donors (Lipinski definition) is 2. The van der Waals surface area contributed by atoms with Crippen LogP contribution in [0.3, 0.4) is 0 Å². The summed E-state index contributed by atoms with van der Waals surface area (Å²) >= 11 is 4.39. The topological polar surface area (TPSA) is 67.6 Å². The van der Waals surface area contributed by atoms with E-state index in [1.807, 2.05) is 37.9 Å². The van der Waals surface area contributed by atoms with Gasteiger partial charge >= 0.3 is 0 Å². The summed E-state index contributed by atoms with van der Waals surface area (Å²) in [6.07, 6.45) is 2.44. The molecule has 25 heavy (non-hydrogen) atoms. The van der Waals surface area contributed by atoms with Gasteiger partial charge in [-0.25, -0.2) is 0 Å². The molecule has 7 heteroatoms. The molecular weight excluding hydrogens is 402 g/mol. The first-order valence-corrected chi connectivity index (χ1v) is 10.9. The Bertz CT molecular complexity index is 714. The number of carbonyl (C=O) groups is 1. The van der Waals surface area contributed by atoms with Gasteiger partial charge in [0.25, 0.3) is 5.91 Å². The zero-order valence-electron chi connectivity index (χ0n) is 15.0. The fourth-order valence-corrected chi connectivity index (χ4v) is 4.04. The van der Waals surface area contributed by atoms with Gasteiger partial charge in [0.05, 0.1) is 12.8 Å². The lowest BCUT2D eigenvalue weighted by Gasteiger charge is -2.24. The average molecular weight is 428 g/mol. The van der Waals surface area contributed by atoms with Crippen LogP contribution in [0.25, 0.3) is 10.1 Å². The molecule has 1 aliphatic heterocycles. The molecule has 1 unspecified atom stereocenters. The van der Waals surface area contributed by atoms with Crippen LogP contribution in [0.4, 0.5) is 5.69 Å². The van der Waals surface area contributed by atoms with Crippen LogP contribution in [0.1, 0.15) is 36.4 Å². The Morgan fingerprint density at radius 1 is 1.40 bits per heavy atom. The molecule has 0 bridgehead atoms. The second-order valence-corrected chi connectivity index (χ2v) is 6.89. The van der Waals surface area contributed by atoms with Gasteiger partial charge in [0.1, 0.15) is 4.88 Å². The number of nitrogens with one attached hydrogen (secondary N) is 1. The van der Waals surface area contributed by atoms with Crippen molar-refractivity contribution in [1.82, 2.24) is 10.2 Å². The van der Waals surface area contributed by atoms with Crippen molar-refractivity contribution >= 4 is 48.9 Å². The van der Waals surface area contributed by atoms with E-state index >= 15 is 0 Å². The van der Waals surface area contributed by atoms with Crippen LogP contribution in [0, 0.1) is 0 Å². The van der Waals surface area contributed by atoms with Crippen molar-refractivity contribution in [2.24, 2.45) is 0 Å². The van der Waals surface area contributed by atoms with Crippen LogP contribution < -0.4 is 15.8 Å². The van der Waals surface area contributed by atoms with Gasteiger partial charge in [-0.05, 0) is 50.7 Å². The van der Waals surface area contributed by atoms with Gasteiger partial charge in [-0.1, -0.05) is 15.9 Å². The Morgan fingerprint density at radius 3 is 2.72 bits per heavy atom. The molecule has 0 aliphatic carbocycles. The molecule has 1 saturated heterocycles. The SMILES string of the molecule is CBr.CCOc1c(C(=O)NC(C)N2CCCC2)sc2ccc(N)cc12. The highest BCUT2D eigenvalue weighted by Crippen LogP contribution is 2.39. The lowest BCUT2D eigenvalue weighted by atomic mass is 10.2. The Balaban J connectivity index is 0.00000109. The summed E-state index contributed by atoms with van der Waals surface area (Å²) in [4.78, 5) is 15.6. The summed E-state index contributed by atoms with van der Waals surface area (Å²) in [7, 11) is 0. The molecule has 138 valence electrons. The third-order valence-electron chi connectivity index (χ3n) is 4.19. The molecule has 1 aromatic carbocycles. The molecule has 3 N–H and O–H groups in total. The van der Waals surface area contributed by atoms with Crippen molar-refractivity contribution in [2.45, 2.75) is 32.9 Å². The summed E-state index contributed by atoms with van der Waals surface area (Å²) in [6, 6.07) is 5.67. The van der Waals surface area contributed by atoms with E-state index in [9.17, 15) is 4.79 Å². The number of anilines is 1. The smallest absolute Gasteiger partial charge is 0.266 e. The number of hydrogen-bond acceptors (Lipinski definition) is 5. The maximum Gasteiger partial charge on any atom is 0.266 e. The van der Waals surface area contributed by atoms with Gasteiger partial charge in [0, 0.05) is 28.9 Å². The molecule has 1 fully saturated rings. The lowest BCUT2D eigenvalue weighted by molar-refractivity contribution is 0.0886. The number of alkyl halides is 1. The van der Waals surface area contributed by atoms with Gasteiger partial charge in [-0.2, -0.15) is 0 Å². The quantitative estimate of drug-likeness (QED) is 0.557. The average Bonchev–Trinajstić information content (AvgIpc) is 3.26. The number of amides is 1. The predicted octanol–water partition coefficient (Wildman–Crippen LogP) is 4.06. The Hall–Kier alpha value is -1.31. The zero-order valence-corrected chi connectivity index (χ0v) is 17.4. The van der Waals surface area contributed by atoms with E-state index in [0.29, 0.717) is 22.9 Å². The van der Waals surface area contributed by atoms with Crippen LogP contribution in [0.15, 0.2) is 18.2 Å². The van der Waals surface area contributed by atoms with Crippen LogP contribution >= 0.6 is 27.3 Å². The highest BCUT2D eigenvalue weighted by Gasteiger charge is 2.24. The molecule has 1 amide bonds. The third-order valence-corrected chi connectivity index (χ3v) is 5.34. The molecule has 5 nitrogen and oxygen atoms in total. The molecule has 0 saturated carbocycles. The zero-order chi connectivity index (χ0) is 18.4. The van der Waals surface area contributed by atoms with Gasteiger partial charge in [-0.3, -0.25) is 9.69 Å². The van der Waals surface area contributed by atoms with E-state index in [1.165, 1.54) is 24.2 Å². The lowest BCUT2D eigenvalue weighted by Crippen LogP contribution is -2.44. The number of rotatable bonds is 5. The van der Waals surface area contributed by atoms with E-state index in [0.717, 1.165) is 23.2 Å². The van der Waals surface area contributed by atoms with E-state index in [2.05, 4.69) is 26.1 Å². The first-order chi connectivity index (χ1) is 12.1. The largest absolute Gasteiger partial charge is 0.491 e. The molecule has 0 spiro atoms. The van der Waals surface area contributed by atoms with Gasteiger partial charge in [-0.15, -0.1) is 11.3 Å². The number of likely N-dealkylation sites (tertiary alicyclic amines) is 1. The molecule has 1 atom stereocenters. The maximum atomic E-state index is 12.7. The monoisotopic (exact) mass is 427 g/mol. The highest BCUT2D eigenvalue weighted by atomic mass is 79.9. The summed E-state index contributed by atoms with van der Waals surface area (Å²) < 4.78 is 6.77. The van der Waals surface area contributed by atoms with Crippen molar-refractivity contribution in [3.05, 3.63) is 23.1 Å². The molecule has 0 radical (unpaired) electrons. The normalized spacial score (nSPS) is 15.5. The first kappa shape index (κ1) is 20.0. The standard InChI is InChI=1S/C17H23N3O2S.CH3Br/c1-3-22-15-13-10-12(18)6-7-14(13)23-16(15)17(21)19-11(2)20-8-4-5-9-20;1-2/h6-7,10-11H,3-5,8-9,18H2,1-2H3,(H,19,21);1H3. The minimum Gasteiger partial charge on any atom is -0.491 e. The highest BCUT2D eigenvalue weighted by molar-refractivity contribution is 9.08. The summed E-state index contributed by atoms with van der Waals surface area (Å²) in [5.74, 6) is 2.38. The molecule has 1 aromatic heterocycles. The number of nitrogens with two attached hydrogens (primary N) is 1. The minimum atomic E-state index is -0.0763. The first-order valence-electron chi connectivity index (χ1n) is 8.47. The maximum absolute atomic E-state index is 12.7. The van der Waals surface area contributed by atoms with Crippen molar-refractivity contribution in [3.8, 4) is 5.75 Å². The molecule has 3 rings (SSSR count). The Morgan fingerprint density at radius 2 is 2.08 bits per heavy atom. The summed E-state index contributed by atoms with van der Waals surface area (Å²) in [5, 5.41) is 4.01. The van der Waals surface area contributed by atoms with E-state index in [1.54, 1.807) is 0 Å². The molecule has 2 aromatic rings. The van der Waals surface area contributed by atoms with Crippen molar-refractivity contribution < 1.29 is 9.53 Å². The predicted molar refractivity (Wildman–Crippen MR) is 110 cm³/mol. The number of fused-ring (bicyclic) bond motifs is 1. The van der Waals surface area contributed by atoms with E-state index in [4.69, 9.17) is 10.5 Å². The fraction of sp³-hybridized carbons (Fsp3) is 0.500. The molecular formula is C18H26BrN3O2S. The van der Waals surface area contributed by atoms with E-state index < -0.39 is 0 Å². The van der Waals surface area contributed by atoms with Crippen molar-refractivity contribution in [3.63, 3.8) is 0 Å². The molecule has 2 heterocycles. The van der Waals surface area contributed by atoms with E-state index in [-0.39, 0.29) is 12.1 Å². The fourth-order valence-electron chi connectivity index (χ4n) is 3.01. The summed E-state index contributed by atoms with van der Waals surface area (Å²) in [6.45, 7) is 6.56. The second kappa shape index (κ2) is 9.40. The van der Waals surface area contributed by atoms with Gasteiger partial charge in [0.15, 0.2) is 5.75 Å². The van der Waals surface area contributed by atoms with Crippen LogP contribution in [-0.2, 0) is 0 Å². The van der Waals surface area contributed by atoms with Crippen LogP contribution in [-0.4, -0.2) is 42.5 Å². The number of benzene rings is 1. The number of ether oxygens (including phenoxy) is 1. The third kappa shape index (κ3) is 4.65. The molecule has 1 aliphatic rings. The Kier molecular flexibility index (Phi) is 7.53. The number of thiophene rings is 1. The number of nitrogens with zero attached hydrogens (tertiary/aromatic N) is 1. The van der Waals surface area contributed by atoms with Crippen LogP contribution in [0.5, 0.6) is 5.75 Å². The number of carbonyl (C=O) groups excluding carboxylic acids is 1.